The van der Waals surface area contributed by atoms with E-state index in [2.05, 4.69) is 10.5 Å². The third kappa shape index (κ3) is 4.54. The maximum atomic E-state index is 12.1. The zero-order valence-corrected chi connectivity index (χ0v) is 14.4. The molecular formula is C17H17ClN2O5. The summed E-state index contributed by atoms with van der Waals surface area (Å²) in [6, 6.07) is 7.42. The van der Waals surface area contributed by atoms with Crippen molar-refractivity contribution in [2.75, 3.05) is 13.7 Å². The zero-order chi connectivity index (χ0) is 18.4. The number of carbonyl (C=O) groups excluding carboxylic acids is 1. The van der Waals surface area contributed by atoms with Crippen LogP contribution >= 0.6 is 11.6 Å². The van der Waals surface area contributed by atoms with E-state index in [9.17, 15) is 15.0 Å². The molecule has 3 N–H and O–H groups in total. The molecule has 25 heavy (non-hydrogen) atoms. The Labute approximate surface area is 149 Å². The highest BCUT2D eigenvalue weighted by molar-refractivity contribution is 6.32. The molecule has 0 saturated carbocycles. The summed E-state index contributed by atoms with van der Waals surface area (Å²) in [4.78, 5) is 12.1. The molecule has 0 spiro atoms. The molecule has 0 radical (unpaired) electrons. The number of ether oxygens (including phenoxy) is 2. The number of halogens is 1. The minimum Gasteiger partial charge on any atom is -0.504 e. The van der Waals surface area contributed by atoms with Crippen LogP contribution in [0.5, 0.6) is 23.0 Å². The molecule has 8 heteroatoms. The van der Waals surface area contributed by atoms with Crippen molar-refractivity contribution in [1.82, 2.24) is 5.43 Å². The Hall–Kier alpha value is -2.93. The van der Waals surface area contributed by atoms with E-state index in [1.807, 2.05) is 6.92 Å². The predicted molar refractivity (Wildman–Crippen MR) is 94.0 cm³/mol. The maximum absolute atomic E-state index is 12.1. The summed E-state index contributed by atoms with van der Waals surface area (Å²) in [5.74, 6) is -0.263. The number of benzene rings is 2. The van der Waals surface area contributed by atoms with Crippen molar-refractivity contribution in [3.05, 3.63) is 46.5 Å². The molecule has 0 bridgehead atoms. The number of methoxy groups -OCH3 is 1. The van der Waals surface area contributed by atoms with Crippen LogP contribution < -0.4 is 14.9 Å². The summed E-state index contributed by atoms with van der Waals surface area (Å²) in [6.45, 7) is 2.33. The van der Waals surface area contributed by atoms with Gasteiger partial charge in [-0.3, -0.25) is 4.79 Å². The van der Waals surface area contributed by atoms with Crippen molar-refractivity contribution in [2.24, 2.45) is 5.10 Å². The lowest BCUT2D eigenvalue weighted by atomic mass is 10.2. The fraction of sp³-hybridized carbons (Fsp3) is 0.176. The molecular weight excluding hydrogens is 348 g/mol. The molecule has 0 unspecified atom stereocenters. The molecule has 2 aromatic rings. The zero-order valence-electron chi connectivity index (χ0n) is 13.6. The van der Waals surface area contributed by atoms with E-state index in [4.69, 9.17) is 21.1 Å². The average Bonchev–Trinajstić information content (AvgIpc) is 2.60. The lowest BCUT2D eigenvalue weighted by molar-refractivity contribution is 0.0954. The van der Waals surface area contributed by atoms with Gasteiger partial charge in [0.15, 0.2) is 23.0 Å². The van der Waals surface area contributed by atoms with Crippen LogP contribution in [0.25, 0.3) is 0 Å². The molecule has 132 valence electrons. The van der Waals surface area contributed by atoms with E-state index >= 15 is 0 Å². The van der Waals surface area contributed by atoms with Crippen molar-refractivity contribution in [1.29, 1.82) is 0 Å². The first kappa shape index (κ1) is 18.4. The first-order valence-corrected chi connectivity index (χ1v) is 7.69. The third-order valence-electron chi connectivity index (χ3n) is 3.17. The SMILES string of the molecule is CCOc1ccc(C(=O)N/N=C/c2cc(O)c(O)c(Cl)c2)cc1OC. The number of hydrogen-bond acceptors (Lipinski definition) is 6. The van der Waals surface area contributed by atoms with E-state index in [0.29, 0.717) is 29.2 Å². The highest BCUT2D eigenvalue weighted by Gasteiger charge is 2.11. The Morgan fingerprint density at radius 1 is 1.28 bits per heavy atom. The van der Waals surface area contributed by atoms with E-state index in [1.165, 1.54) is 25.5 Å². The van der Waals surface area contributed by atoms with Crippen LogP contribution in [0.3, 0.4) is 0 Å². The number of aromatic hydroxyl groups is 2. The van der Waals surface area contributed by atoms with Gasteiger partial charge in [0, 0.05) is 5.56 Å². The van der Waals surface area contributed by atoms with Gasteiger partial charge in [0.05, 0.1) is 25.0 Å². The Balaban J connectivity index is 2.09. The van der Waals surface area contributed by atoms with Crippen molar-refractivity contribution in [3.63, 3.8) is 0 Å². The van der Waals surface area contributed by atoms with Gasteiger partial charge in [-0.2, -0.15) is 5.10 Å². The second-order valence-corrected chi connectivity index (χ2v) is 5.28. The minimum atomic E-state index is -0.452. The van der Waals surface area contributed by atoms with Gasteiger partial charge in [-0.1, -0.05) is 11.6 Å². The standard InChI is InChI=1S/C17H17ClN2O5/c1-3-25-14-5-4-11(8-15(14)24-2)17(23)20-19-9-10-6-12(18)16(22)13(21)7-10/h4-9,21-22H,3H2,1-2H3,(H,20,23)/b19-9+. The van der Waals surface area contributed by atoms with Gasteiger partial charge in [0.2, 0.25) is 0 Å². The highest BCUT2D eigenvalue weighted by atomic mass is 35.5. The van der Waals surface area contributed by atoms with Gasteiger partial charge < -0.3 is 19.7 Å². The summed E-state index contributed by atoms with van der Waals surface area (Å²) in [6.07, 6.45) is 1.29. The molecule has 0 atom stereocenters. The lowest BCUT2D eigenvalue weighted by Crippen LogP contribution is -2.17. The number of carbonyl (C=O) groups is 1. The average molecular weight is 365 g/mol. The van der Waals surface area contributed by atoms with Gasteiger partial charge in [0.25, 0.3) is 5.91 Å². The number of phenolic OH excluding ortho intramolecular Hbond substituents is 2. The van der Waals surface area contributed by atoms with Crippen molar-refractivity contribution >= 4 is 23.7 Å². The quantitative estimate of drug-likeness (QED) is 0.415. The molecule has 0 aliphatic rings. The lowest BCUT2D eigenvalue weighted by Gasteiger charge is -2.10. The molecule has 2 rings (SSSR count). The van der Waals surface area contributed by atoms with Gasteiger partial charge in [0.1, 0.15) is 0 Å². The summed E-state index contributed by atoms with van der Waals surface area (Å²) >= 11 is 5.75. The molecule has 1 amide bonds. The second kappa shape index (κ2) is 8.25. The number of nitrogens with zero attached hydrogens (tertiary/aromatic N) is 1. The summed E-state index contributed by atoms with van der Waals surface area (Å²) in [5.41, 5.74) is 3.10. The Morgan fingerprint density at radius 2 is 2.04 bits per heavy atom. The largest absolute Gasteiger partial charge is 0.504 e. The molecule has 0 aliphatic heterocycles. The third-order valence-corrected chi connectivity index (χ3v) is 3.46. The van der Waals surface area contributed by atoms with Crippen LogP contribution in [-0.2, 0) is 0 Å². The Kier molecular flexibility index (Phi) is 6.08. The minimum absolute atomic E-state index is 0.0241. The number of phenols is 2. The second-order valence-electron chi connectivity index (χ2n) is 4.87. The predicted octanol–water partition coefficient (Wildman–Crippen LogP) is 2.92. The van der Waals surface area contributed by atoms with Crippen molar-refractivity contribution < 1.29 is 24.5 Å². The van der Waals surface area contributed by atoms with Crippen LogP contribution in [0.15, 0.2) is 35.4 Å². The topological polar surface area (TPSA) is 100 Å². The fourth-order valence-electron chi connectivity index (χ4n) is 1.99. The normalized spacial score (nSPS) is 10.7. The molecule has 0 aromatic heterocycles. The number of rotatable bonds is 6. The monoisotopic (exact) mass is 364 g/mol. The van der Waals surface area contributed by atoms with E-state index < -0.39 is 11.7 Å². The number of amides is 1. The smallest absolute Gasteiger partial charge is 0.271 e. The van der Waals surface area contributed by atoms with Gasteiger partial charge in [-0.05, 0) is 42.8 Å². The van der Waals surface area contributed by atoms with Gasteiger partial charge in [-0.15, -0.1) is 0 Å². The van der Waals surface area contributed by atoms with E-state index in [1.54, 1.807) is 18.2 Å². The van der Waals surface area contributed by atoms with Crippen LogP contribution in [0, 0.1) is 0 Å². The van der Waals surface area contributed by atoms with E-state index in [0.717, 1.165) is 0 Å². The molecule has 7 nitrogen and oxygen atoms in total. The summed E-state index contributed by atoms with van der Waals surface area (Å²) < 4.78 is 10.6. The first-order valence-electron chi connectivity index (χ1n) is 7.32. The Bertz CT molecular complexity index is 785. The Morgan fingerprint density at radius 3 is 2.68 bits per heavy atom. The fourth-order valence-corrected chi connectivity index (χ4v) is 2.22. The molecule has 0 heterocycles. The number of nitrogens with one attached hydrogen (secondary N) is 1. The van der Waals surface area contributed by atoms with Crippen LogP contribution in [0.4, 0.5) is 0 Å². The molecule has 0 fully saturated rings. The van der Waals surface area contributed by atoms with Crippen LogP contribution in [-0.4, -0.2) is 36.1 Å². The van der Waals surface area contributed by atoms with Crippen LogP contribution in [0.2, 0.25) is 5.02 Å². The van der Waals surface area contributed by atoms with Gasteiger partial charge >= 0.3 is 0 Å². The van der Waals surface area contributed by atoms with Crippen LogP contribution in [0.1, 0.15) is 22.8 Å². The number of hydrogen-bond donors (Lipinski definition) is 3. The molecule has 0 saturated heterocycles. The summed E-state index contributed by atoms with van der Waals surface area (Å²) in [5, 5.41) is 22.6. The van der Waals surface area contributed by atoms with Crippen molar-refractivity contribution in [3.8, 4) is 23.0 Å². The molecule has 0 aliphatic carbocycles. The first-order chi connectivity index (χ1) is 12.0. The maximum Gasteiger partial charge on any atom is 0.271 e. The summed E-state index contributed by atoms with van der Waals surface area (Å²) in [7, 11) is 1.48. The van der Waals surface area contributed by atoms with Crippen molar-refractivity contribution in [2.45, 2.75) is 6.92 Å². The molecule has 2 aromatic carbocycles. The highest BCUT2D eigenvalue weighted by Crippen LogP contribution is 2.33. The number of hydrazone groups is 1. The van der Waals surface area contributed by atoms with Gasteiger partial charge in [-0.25, -0.2) is 5.43 Å². The van der Waals surface area contributed by atoms with E-state index in [-0.39, 0.29) is 10.8 Å².